The van der Waals surface area contributed by atoms with E-state index in [4.69, 9.17) is 20.8 Å². The maximum Gasteiger partial charge on any atom is 0.379 e. The number of esters is 1. The Balaban J connectivity index is 1.26. The summed E-state index contributed by atoms with van der Waals surface area (Å²) in [6, 6.07) is 15.0. The molecule has 1 aliphatic heterocycles. The Labute approximate surface area is 228 Å². The van der Waals surface area contributed by atoms with Crippen molar-refractivity contribution in [3.8, 4) is 5.75 Å². The van der Waals surface area contributed by atoms with E-state index in [1.807, 2.05) is 0 Å². The Bertz CT molecular complexity index is 1460. The molecule has 0 radical (unpaired) electrons. The number of amides is 3. The highest BCUT2D eigenvalue weighted by Gasteiger charge is 2.62. The minimum Gasteiger partial charge on any atom is -0.457 e. The molecule has 2 aromatic carbocycles. The van der Waals surface area contributed by atoms with Gasteiger partial charge in [0.2, 0.25) is 5.76 Å². The van der Waals surface area contributed by atoms with E-state index in [-0.39, 0.29) is 39.5 Å². The van der Waals surface area contributed by atoms with E-state index in [1.165, 1.54) is 48.7 Å². The van der Waals surface area contributed by atoms with Crippen LogP contribution in [0.1, 0.15) is 50.5 Å². The van der Waals surface area contributed by atoms with Gasteiger partial charge < -0.3 is 9.15 Å². The van der Waals surface area contributed by atoms with Crippen LogP contribution in [-0.2, 0) is 9.59 Å². The molecule has 198 valence electrons. The van der Waals surface area contributed by atoms with Crippen LogP contribution in [0.5, 0.6) is 5.75 Å². The molecule has 4 atom stereocenters. The normalized spacial score (nSPS) is 23.2. The second-order valence-corrected chi connectivity index (χ2v) is 10.4. The van der Waals surface area contributed by atoms with Crippen molar-refractivity contribution < 1.29 is 33.1 Å². The van der Waals surface area contributed by atoms with E-state index >= 15 is 0 Å². The van der Waals surface area contributed by atoms with Gasteiger partial charge in [0.15, 0.2) is 5.78 Å². The average molecular weight is 547 g/mol. The number of rotatable bonds is 7. The lowest BCUT2D eigenvalue weighted by Gasteiger charge is -2.31. The molecule has 2 saturated carbocycles. The maximum atomic E-state index is 13.7. The highest BCUT2D eigenvalue weighted by molar-refractivity contribution is 6.34. The van der Waals surface area contributed by atoms with Gasteiger partial charge >= 0.3 is 5.97 Å². The van der Waals surface area contributed by atoms with Crippen LogP contribution in [0, 0.1) is 23.7 Å². The van der Waals surface area contributed by atoms with Crippen LogP contribution in [0.4, 0.5) is 0 Å². The number of carbonyl (C=O) groups excluding carboxylic acids is 5. The fourth-order valence-electron chi connectivity index (χ4n) is 6.13. The van der Waals surface area contributed by atoms with Crippen LogP contribution in [0.2, 0.25) is 5.02 Å². The molecule has 3 amide bonds. The molecule has 0 N–H and O–H groups in total. The molecule has 2 bridgehead atoms. The summed E-state index contributed by atoms with van der Waals surface area (Å²) in [5.74, 6) is -3.28. The van der Waals surface area contributed by atoms with Crippen molar-refractivity contribution in [1.82, 2.24) is 10.0 Å². The number of carbonyl (C=O) groups is 5. The van der Waals surface area contributed by atoms with Gasteiger partial charge in [-0.25, -0.2) is 9.80 Å². The van der Waals surface area contributed by atoms with Gasteiger partial charge in [0.05, 0.1) is 28.7 Å². The zero-order valence-corrected chi connectivity index (χ0v) is 21.4. The Hall–Kier alpha value is -4.24. The Kier molecular flexibility index (Phi) is 6.31. The summed E-state index contributed by atoms with van der Waals surface area (Å²) in [7, 11) is 0. The molecule has 9 nitrogen and oxygen atoms in total. The van der Waals surface area contributed by atoms with Crippen LogP contribution in [-0.4, -0.2) is 46.0 Å². The number of halogens is 1. The molecule has 0 unspecified atom stereocenters. The zero-order valence-electron chi connectivity index (χ0n) is 20.6. The van der Waals surface area contributed by atoms with Crippen molar-refractivity contribution in [1.29, 1.82) is 0 Å². The number of hydrazine groups is 1. The Morgan fingerprint density at radius 1 is 0.923 bits per heavy atom. The molecule has 3 aliphatic rings. The third kappa shape index (κ3) is 4.32. The van der Waals surface area contributed by atoms with Gasteiger partial charge in [0.25, 0.3) is 17.7 Å². The molecule has 1 saturated heterocycles. The topological polar surface area (TPSA) is 114 Å². The first kappa shape index (κ1) is 25.1. The number of hydrogen-bond acceptors (Lipinski definition) is 7. The van der Waals surface area contributed by atoms with Crippen molar-refractivity contribution in [3.63, 3.8) is 0 Å². The zero-order chi connectivity index (χ0) is 27.3. The second-order valence-electron chi connectivity index (χ2n) is 10.0. The van der Waals surface area contributed by atoms with E-state index in [9.17, 15) is 24.0 Å². The van der Waals surface area contributed by atoms with Gasteiger partial charge in [-0.2, -0.15) is 5.01 Å². The standard InChI is InChI=1S/C29H23ClN2O7/c30-21-5-2-1-4-20(21)26(34)31(32-27(35)24-17-7-8-18(14-17)25(24)28(32)36)15-22(33)16-9-11-19(12-10-16)39-29(37)23-6-3-13-38-23/h1-6,9-13,17-18,24-25H,7-8,14-15H2/t17-,18-,24-,25+/m1/s1. The number of imide groups is 1. The summed E-state index contributed by atoms with van der Waals surface area (Å²) in [6.45, 7) is -0.554. The van der Waals surface area contributed by atoms with Gasteiger partial charge in [0.1, 0.15) is 12.3 Å². The van der Waals surface area contributed by atoms with Crippen LogP contribution in [0.3, 0.4) is 0 Å². The smallest absolute Gasteiger partial charge is 0.379 e. The number of nitrogens with zero attached hydrogens (tertiary/aromatic N) is 2. The molecule has 3 aromatic rings. The van der Waals surface area contributed by atoms with Gasteiger partial charge in [-0.3, -0.25) is 19.2 Å². The fourth-order valence-corrected chi connectivity index (χ4v) is 6.34. The lowest BCUT2D eigenvalue weighted by Crippen LogP contribution is -2.52. The van der Waals surface area contributed by atoms with E-state index in [0.717, 1.165) is 29.3 Å². The number of ether oxygens (including phenoxy) is 1. The predicted octanol–water partition coefficient (Wildman–Crippen LogP) is 4.42. The van der Waals surface area contributed by atoms with Crippen molar-refractivity contribution in [2.75, 3.05) is 6.54 Å². The van der Waals surface area contributed by atoms with Crippen molar-refractivity contribution >= 4 is 41.1 Å². The summed E-state index contributed by atoms with van der Waals surface area (Å²) in [5.41, 5.74) is 0.275. The summed E-state index contributed by atoms with van der Waals surface area (Å²) in [6.07, 6.45) is 3.95. The number of furan rings is 1. The molecule has 6 rings (SSSR count). The monoisotopic (exact) mass is 546 g/mol. The van der Waals surface area contributed by atoms with Crippen LogP contribution >= 0.6 is 11.6 Å². The lowest BCUT2D eigenvalue weighted by atomic mass is 9.81. The number of fused-ring (bicyclic) bond motifs is 5. The second kappa shape index (κ2) is 9.81. The first-order valence-corrected chi connectivity index (χ1v) is 13.0. The average Bonchev–Trinajstić information content (AvgIpc) is 3.74. The number of benzene rings is 2. The Morgan fingerprint density at radius 2 is 1.59 bits per heavy atom. The molecule has 1 aromatic heterocycles. The highest BCUT2D eigenvalue weighted by atomic mass is 35.5. The van der Waals surface area contributed by atoms with Crippen LogP contribution < -0.4 is 4.74 Å². The van der Waals surface area contributed by atoms with E-state index < -0.39 is 47.9 Å². The number of ketones is 1. The maximum absolute atomic E-state index is 13.7. The summed E-state index contributed by atoms with van der Waals surface area (Å²) in [4.78, 5) is 66.2. The van der Waals surface area contributed by atoms with Gasteiger partial charge in [0, 0.05) is 5.56 Å². The van der Waals surface area contributed by atoms with Crippen LogP contribution in [0.15, 0.2) is 71.3 Å². The van der Waals surface area contributed by atoms with Gasteiger partial charge in [-0.1, -0.05) is 23.7 Å². The minimum absolute atomic E-state index is 0.0297. The third-order valence-electron chi connectivity index (χ3n) is 7.89. The molecule has 3 fully saturated rings. The Morgan fingerprint density at radius 3 is 2.21 bits per heavy atom. The van der Waals surface area contributed by atoms with E-state index in [2.05, 4.69) is 0 Å². The SMILES string of the molecule is O=C(CN(C(=O)c1ccccc1Cl)N1C(=O)[C@@H]2[C@@H]3CC[C@H](C3)[C@@H]2C1=O)c1ccc(OC(=O)c2ccco2)cc1. The number of hydrogen-bond donors (Lipinski definition) is 0. The minimum atomic E-state index is -0.716. The predicted molar refractivity (Wildman–Crippen MR) is 137 cm³/mol. The molecule has 2 heterocycles. The lowest BCUT2D eigenvalue weighted by molar-refractivity contribution is -0.155. The first-order chi connectivity index (χ1) is 18.8. The largest absolute Gasteiger partial charge is 0.457 e. The molecular formula is C29H23ClN2O7. The third-order valence-corrected chi connectivity index (χ3v) is 8.22. The molecule has 2 aliphatic carbocycles. The van der Waals surface area contributed by atoms with E-state index in [0.29, 0.717) is 0 Å². The van der Waals surface area contributed by atoms with Crippen molar-refractivity contribution in [2.45, 2.75) is 19.3 Å². The van der Waals surface area contributed by atoms with Crippen molar-refractivity contribution in [3.05, 3.63) is 88.8 Å². The summed E-state index contributed by atoms with van der Waals surface area (Å²) in [5, 5.41) is 1.95. The van der Waals surface area contributed by atoms with Gasteiger partial charge in [-0.15, -0.1) is 0 Å². The molecule has 39 heavy (non-hydrogen) atoms. The molecule has 0 spiro atoms. The van der Waals surface area contributed by atoms with Crippen molar-refractivity contribution in [2.24, 2.45) is 23.7 Å². The summed E-state index contributed by atoms with van der Waals surface area (Å²) >= 11 is 6.28. The highest BCUT2D eigenvalue weighted by Crippen LogP contribution is 2.56. The quantitative estimate of drug-likeness (QED) is 0.186. The molecular weight excluding hydrogens is 524 g/mol. The van der Waals surface area contributed by atoms with Gasteiger partial charge in [-0.05, 0) is 79.6 Å². The molecule has 10 heteroatoms. The van der Waals surface area contributed by atoms with Crippen LogP contribution in [0.25, 0.3) is 0 Å². The van der Waals surface area contributed by atoms with E-state index in [1.54, 1.807) is 18.2 Å². The number of Topliss-reactive ketones (excluding diaryl/α,β-unsaturated/α-hetero) is 1. The summed E-state index contributed by atoms with van der Waals surface area (Å²) < 4.78 is 10.3. The first-order valence-electron chi connectivity index (χ1n) is 12.7. The fraction of sp³-hybridized carbons (Fsp3) is 0.276.